The SMILES string of the molecule is O=C(O)C1CCCC1CNCc1nc(-c2cccs2)no1. The smallest absolute Gasteiger partial charge is 0.306 e. The quantitative estimate of drug-likeness (QED) is 0.852. The van der Waals surface area contributed by atoms with Gasteiger partial charge in [-0.15, -0.1) is 11.3 Å². The molecule has 0 amide bonds. The van der Waals surface area contributed by atoms with Gasteiger partial charge >= 0.3 is 5.97 Å². The molecule has 2 aromatic heterocycles. The maximum absolute atomic E-state index is 11.1. The number of carbonyl (C=O) groups is 1. The first-order chi connectivity index (χ1) is 10.2. The lowest BCUT2D eigenvalue weighted by Gasteiger charge is -2.15. The molecule has 0 bridgehead atoms. The topological polar surface area (TPSA) is 88.2 Å². The summed E-state index contributed by atoms with van der Waals surface area (Å²) in [6, 6.07) is 3.89. The van der Waals surface area contributed by atoms with Gasteiger partial charge in [-0.05, 0) is 36.8 Å². The molecule has 2 heterocycles. The second-order valence-electron chi connectivity index (χ2n) is 5.26. The van der Waals surface area contributed by atoms with E-state index in [0.29, 0.717) is 24.8 Å². The molecule has 2 N–H and O–H groups in total. The van der Waals surface area contributed by atoms with E-state index in [1.165, 1.54) is 0 Å². The molecule has 0 radical (unpaired) electrons. The van der Waals surface area contributed by atoms with Crippen molar-refractivity contribution < 1.29 is 14.4 Å². The van der Waals surface area contributed by atoms with Crippen LogP contribution in [0.1, 0.15) is 25.2 Å². The summed E-state index contributed by atoms with van der Waals surface area (Å²) in [5.41, 5.74) is 0. The molecule has 21 heavy (non-hydrogen) atoms. The van der Waals surface area contributed by atoms with Gasteiger partial charge in [0.05, 0.1) is 17.3 Å². The molecule has 1 aliphatic rings. The Morgan fingerprint density at radius 3 is 3.19 bits per heavy atom. The number of carboxylic acid groups (broad SMARTS) is 1. The van der Waals surface area contributed by atoms with Crippen molar-refractivity contribution in [2.24, 2.45) is 11.8 Å². The molecule has 0 aliphatic heterocycles. The van der Waals surface area contributed by atoms with E-state index in [1.54, 1.807) is 11.3 Å². The fourth-order valence-electron chi connectivity index (χ4n) is 2.80. The van der Waals surface area contributed by atoms with Gasteiger partial charge in [-0.3, -0.25) is 4.79 Å². The van der Waals surface area contributed by atoms with Gasteiger partial charge in [-0.2, -0.15) is 4.98 Å². The molecule has 0 saturated heterocycles. The van der Waals surface area contributed by atoms with Crippen LogP contribution in [0.25, 0.3) is 10.7 Å². The van der Waals surface area contributed by atoms with E-state index in [4.69, 9.17) is 9.63 Å². The second kappa shape index (κ2) is 6.36. The van der Waals surface area contributed by atoms with Gasteiger partial charge in [0.25, 0.3) is 0 Å². The Kier molecular flexibility index (Phi) is 4.31. The predicted octanol–water partition coefficient (Wildman–Crippen LogP) is 2.39. The molecule has 112 valence electrons. The summed E-state index contributed by atoms with van der Waals surface area (Å²) < 4.78 is 5.19. The first-order valence-electron chi connectivity index (χ1n) is 7.04. The van der Waals surface area contributed by atoms with Crippen molar-refractivity contribution in [1.29, 1.82) is 0 Å². The summed E-state index contributed by atoms with van der Waals surface area (Å²) in [6.07, 6.45) is 2.74. The minimum absolute atomic E-state index is 0.196. The number of aromatic nitrogens is 2. The Morgan fingerprint density at radius 2 is 2.43 bits per heavy atom. The number of hydrogen-bond donors (Lipinski definition) is 2. The number of rotatable bonds is 6. The third-order valence-electron chi connectivity index (χ3n) is 3.87. The van der Waals surface area contributed by atoms with Crippen molar-refractivity contribution in [1.82, 2.24) is 15.5 Å². The van der Waals surface area contributed by atoms with Crippen molar-refractivity contribution in [2.45, 2.75) is 25.8 Å². The Labute approximate surface area is 126 Å². The lowest BCUT2D eigenvalue weighted by Crippen LogP contribution is -2.28. The molecule has 1 fully saturated rings. The van der Waals surface area contributed by atoms with E-state index in [0.717, 1.165) is 24.1 Å². The molecule has 6 nitrogen and oxygen atoms in total. The third-order valence-corrected chi connectivity index (χ3v) is 4.73. The van der Waals surface area contributed by atoms with E-state index >= 15 is 0 Å². The molecular weight excluding hydrogens is 290 g/mol. The van der Waals surface area contributed by atoms with Crippen LogP contribution >= 0.6 is 11.3 Å². The Balaban J connectivity index is 1.51. The van der Waals surface area contributed by atoms with Gasteiger partial charge < -0.3 is 14.9 Å². The van der Waals surface area contributed by atoms with Crippen molar-refractivity contribution in [3.05, 3.63) is 23.4 Å². The lowest BCUT2D eigenvalue weighted by atomic mass is 9.96. The summed E-state index contributed by atoms with van der Waals surface area (Å²) in [5.74, 6) is 0.426. The van der Waals surface area contributed by atoms with Crippen LogP contribution in [-0.4, -0.2) is 27.8 Å². The minimum Gasteiger partial charge on any atom is -0.481 e. The molecule has 3 rings (SSSR count). The number of carboxylic acids is 1. The maximum atomic E-state index is 11.1. The van der Waals surface area contributed by atoms with Crippen LogP contribution in [-0.2, 0) is 11.3 Å². The highest BCUT2D eigenvalue weighted by atomic mass is 32.1. The molecule has 7 heteroatoms. The Morgan fingerprint density at radius 1 is 1.52 bits per heavy atom. The predicted molar refractivity (Wildman–Crippen MR) is 77.8 cm³/mol. The van der Waals surface area contributed by atoms with E-state index in [2.05, 4.69) is 15.5 Å². The first kappa shape index (κ1) is 14.2. The van der Waals surface area contributed by atoms with Crippen LogP contribution in [0.2, 0.25) is 0 Å². The summed E-state index contributed by atoms with van der Waals surface area (Å²) in [7, 11) is 0. The maximum Gasteiger partial charge on any atom is 0.306 e. The molecule has 1 saturated carbocycles. The molecule has 1 aliphatic carbocycles. The van der Waals surface area contributed by atoms with Gasteiger partial charge in [0.1, 0.15) is 0 Å². The summed E-state index contributed by atoms with van der Waals surface area (Å²) in [5, 5.41) is 18.3. The zero-order valence-corrected chi connectivity index (χ0v) is 12.3. The van der Waals surface area contributed by atoms with E-state index in [9.17, 15) is 4.79 Å². The van der Waals surface area contributed by atoms with Gasteiger partial charge in [0, 0.05) is 0 Å². The fourth-order valence-corrected chi connectivity index (χ4v) is 3.45. The standard InChI is InChI=1S/C14H17N3O3S/c18-14(19)10-4-1-3-9(10)7-15-8-12-16-13(17-20-12)11-5-2-6-21-11/h2,5-6,9-10,15H,1,3-4,7-8H2,(H,18,19). The number of nitrogens with one attached hydrogen (secondary N) is 1. The van der Waals surface area contributed by atoms with Gasteiger partial charge in [0.2, 0.25) is 11.7 Å². The van der Waals surface area contributed by atoms with Gasteiger partial charge in [-0.25, -0.2) is 0 Å². The molecule has 0 spiro atoms. The Bertz CT molecular complexity index is 596. The fraction of sp³-hybridized carbons (Fsp3) is 0.500. The lowest BCUT2D eigenvalue weighted by molar-refractivity contribution is -0.142. The van der Waals surface area contributed by atoms with Crippen LogP contribution in [0, 0.1) is 11.8 Å². The molecular formula is C14H17N3O3S. The van der Waals surface area contributed by atoms with Crippen LogP contribution in [0.15, 0.2) is 22.0 Å². The van der Waals surface area contributed by atoms with Crippen LogP contribution in [0.3, 0.4) is 0 Å². The highest BCUT2D eigenvalue weighted by Gasteiger charge is 2.32. The molecule has 2 atom stereocenters. The van der Waals surface area contributed by atoms with E-state index in [-0.39, 0.29) is 11.8 Å². The average Bonchev–Trinajstić information content (AvgIpc) is 3.20. The zero-order valence-electron chi connectivity index (χ0n) is 11.5. The van der Waals surface area contributed by atoms with Crippen LogP contribution in [0.5, 0.6) is 0 Å². The van der Waals surface area contributed by atoms with Gasteiger partial charge in [-0.1, -0.05) is 17.6 Å². The largest absolute Gasteiger partial charge is 0.481 e. The Hall–Kier alpha value is -1.73. The summed E-state index contributed by atoms with van der Waals surface area (Å²) in [4.78, 5) is 16.4. The van der Waals surface area contributed by atoms with E-state index in [1.807, 2.05) is 17.5 Å². The highest BCUT2D eigenvalue weighted by molar-refractivity contribution is 7.13. The van der Waals surface area contributed by atoms with Crippen LogP contribution < -0.4 is 5.32 Å². The third kappa shape index (κ3) is 3.30. The van der Waals surface area contributed by atoms with Crippen LogP contribution in [0.4, 0.5) is 0 Å². The highest BCUT2D eigenvalue weighted by Crippen LogP contribution is 2.31. The normalized spacial score (nSPS) is 21.7. The molecule has 2 unspecified atom stereocenters. The van der Waals surface area contributed by atoms with E-state index < -0.39 is 5.97 Å². The minimum atomic E-state index is -0.683. The van der Waals surface area contributed by atoms with Crippen molar-refractivity contribution in [2.75, 3.05) is 6.54 Å². The summed E-state index contributed by atoms with van der Waals surface area (Å²) in [6.45, 7) is 1.15. The molecule has 2 aromatic rings. The number of thiophene rings is 1. The monoisotopic (exact) mass is 307 g/mol. The van der Waals surface area contributed by atoms with Crippen molar-refractivity contribution in [3.8, 4) is 10.7 Å². The average molecular weight is 307 g/mol. The molecule has 0 aromatic carbocycles. The second-order valence-corrected chi connectivity index (χ2v) is 6.20. The van der Waals surface area contributed by atoms with Crippen molar-refractivity contribution in [3.63, 3.8) is 0 Å². The number of aliphatic carboxylic acids is 1. The first-order valence-corrected chi connectivity index (χ1v) is 7.92. The zero-order chi connectivity index (χ0) is 14.7. The summed E-state index contributed by atoms with van der Waals surface area (Å²) >= 11 is 1.57. The number of nitrogens with zero attached hydrogens (tertiary/aromatic N) is 2. The van der Waals surface area contributed by atoms with Crippen molar-refractivity contribution >= 4 is 17.3 Å². The number of hydrogen-bond acceptors (Lipinski definition) is 6. The van der Waals surface area contributed by atoms with Gasteiger partial charge in [0.15, 0.2) is 0 Å².